The lowest BCUT2D eigenvalue weighted by molar-refractivity contribution is -0.136. The summed E-state index contributed by atoms with van der Waals surface area (Å²) < 4.78 is 0. The Morgan fingerprint density at radius 1 is 0.742 bits per heavy atom. The first-order valence-electron chi connectivity index (χ1n) is 10.8. The molecule has 0 fully saturated rings. The Balaban J connectivity index is 1.64. The number of hydrogen-bond acceptors (Lipinski definition) is 2. The number of amides is 1. The lowest BCUT2D eigenvalue weighted by Gasteiger charge is -2.55. The summed E-state index contributed by atoms with van der Waals surface area (Å²) >= 11 is 0. The molecule has 0 saturated heterocycles. The van der Waals surface area contributed by atoms with E-state index in [2.05, 4.69) is 85.0 Å². The molecule has 6 rings (SSSR count). The minimum absolute atomic E-state index is 0.0657. The zero-order valence-corrected chi connectivity index (χ0v) is 17.5. The predicted molar refractivity (Wildman–Crippen MR) is 119 cm³/mol. The van der Waals surface area contributed by atoms with Gasteiger partial charge in [0, 0.05) is 23.8 Å². The highest BCUT2D eigenvalue weighted by Gasteiger charge is 2.56. The maximum atomic E-state index is 12.6. The van der Waals surface area contributed by atoms with Gasteiger partial charge >= 0.3 is 5.97 Å². The van der Waals surface area contributed by atoms with Crippen molar-refractivity contribution < 1.29 is 14.7 Å². The van der Waals surface area contributed by atoms with Crippen LogP contribution in [0, 0.1) is 0 Å². The Hall–Kier alpha value is -3.40. The van der Waals surface area contributed by atoms with Crippen LogP contribution < -0.4 is 5.32 Å². The minimum atomic E-state index is -0.908. The standard InChI is InChI=1S/C27H25NO3/c1-26-18-8-2-5-11-21(18)27(22-12-6-3-9-19(22)26,23-13-7-4-10-20(23)26)16-14-24(29)28-17-15-25(30)31/h2-13H,14-17H2,1H3,(H,28,29)(H,30,31). The summed E-state index contributed by atoms with van der Waals surface area (Å²) in [6, 6.07) is 25.9. The van der Waals surface area contributed by atoms with E-state index in [0.717, 1.165) is 0 Å². The van der Waals surface area contributed by atoms with Gasteiger partial charge in [-0.05, 0) is 46.7 Å². The molecule has 0 saturated carbocycles. The van der Waals surface area contributed by atoms with Gasteiger partial charge < -0.3 is 10.4 Å². The highest BCUT2D eigenvalue weighted by Crippen LogP contribution is 2.62. The van der Waals surface area contributed by atoms with Gasteiger partial charge in [-0.25, -0.2) is 0 Å². The molecule has 156 valence electrons. The summed E-state index contributed by atoms with van der Waals surface area (Å²) in [4.78, 5) is 23.4. The third kappa shape index (κ3) is 2.67. The lowest BCUT2D eigenvalue weighted by atomic mass is 9.46. The van der Waals surface area contributed by atoms with Crippen LogP contribution in [-0.4, -0.2) is 23.5 Å². The summed E-state index contributed by atoms with van der Waals surface area (Å²) in [5.41, 5.74) is 7.10. The monoisotopic (exact) mass is 411 g/mol. The maximum Gasteiger partial charge on any atom is 0.305 e. The first-order valence-corrected chi connectivity index (χ1v) is 10.8. The van der Waals surface area contributed by atoms with Crippen LogP contribution in [0.4, 0.5) is 0 Å². The molecule has 3 aromatic rings. The molecule has 3 aromatic carbocycles. The number of aliphatic carboxylic acids is 1. The molecule has 0 unspecified atom stereocenters. The minimum Gasteiger partial charge on any atom is -0.481 e. The van der Waals surface area contributed by atoms with Crippen molar-refractivity contribution >= 4 is 11.9 Å². The Morgan fingerprint density at radius 3 is 1.58 bits per heavy atom. The van der Waals surface area contributed by atoms with Crippen LogP contribution in [-0.2, 0) is 20.4 Å². The molecule has 31 heavy (non-hydrogen) atoms. The Morgan fingerprint density at radius 2 is 1.16 bits per heavy atom. The highest BCUT2D eigenvalue weighted by atomic mass is 16.4. The quantitative estimate of drug-likeness (QED) is 0.633. The van der Waals surface area contributed by atoms with Crippen molar-refractivity contribution in [1.82, 2.24) is 5.32 Å². The van der Waals surface area contributed by atoms with Crippen molar-refractivity contribution in [1.29, 1.82) is 0 Å². The molecule has 0 aliphatic heterocycles. The summed E-state index contributed by atoms with van der Waals surface area (Å²) in [6.45, 7) is 2.47. The summed E-state index contributed by atoms with van der Waals surface area (Å²) in [7, 11) is 0. The SMILES string of the molecule is CC12c3ccccc3C(CCC(=O)NCCC(=O)O)(c3ccccc31)c1ccccc12. The third-order valence-corrected chi connectivity index (χ3v) is 7.16. The van der Waals surface area contributed by atoms with Crippen molar-refractivity contribution in [2.24, 2.45) is 0 Å². The van der Waals surface area contributed by atoms with E-state index in [1.807, 2.05) is 0 Å². The number of carbonyl (C=O) groups is 2. The first-order chi connectivity index (χ1) is 15.0. The molecule has 0 aromatic heterocycles. The summed E-state index contributed by atoms with van der Waals surface area (Å²) in [5, 5.41) is 11.6. The van der Waals surface area contributed by atoms with E-state index < -0.39 is 11.4 Å². The molecule has 3 aliphatic rings. The fourth-order valence-corrected chi connectivity index (χ4v) is 5.85. The smallest absolute Gasteiger partial charge is 0.305 e. The van der Waals surface area contributed by atoms with E-state index in [9.17, 15) is 9.59 Å². The van der Waals surface area contributed by atoms with E-state index in [1.165, 1.54) is 33.4 Å². The molecule has 1 amide bonds. The number of carboxylic acid groups (broad SMARTS) is 1. The molecule has 2 N–H and O–H groups in total. The molecule has 4 nitrogen and oxygen atoms in total. The van der Waals surface area contributed by atoms with Crippen molar-refractivity contribution in [3.05, 3.63) is 106 Å². The summed E-state index contributed by atoms with van der Waals surface area (Å²) in [6.07, 6.45) is 0.893. The van der Waals surface area contributed by atoms with Crippen LogP contribution in [0.1, 0.15) is 59.6 Å². The van der Waals surface area contributed by atoms with Crippen molar-refractivity contribution in [2.45, 2.75) is 37.0 Å². The van der Waals surface area contributed by atoms with Gasteiger partial charge in [0.25, 0.3) is 0 Å². The van der Waals surface area contributed by atoms with E-state index in [1.54, 1.807) is 0 Å². The van der Waals surface area contributed by atoms with Gasteiger partial charge in [-0.15, -0.1) is 0 Å². The average molecular weight is 412 g/mol. The zero-order chi connectivity index (χ0) is 21.6. The van der Waals surface area contributed by atoms with E-state index in [-0.39, 0.29) is 24.3 Å². The molecule has 3 aliphatic carbocycles. The predicted octanol–water partition coefficient (Wildman–Crippen LogP) is 4.37. The van der Waals surface area contributed by atoms with Crippen LogP contribution in [0.5, 0.6) is 0 Å². The van der Waals surface area contributed by atoms with Crippen molar-refractivity contribution in [3.63, 3.8) is 0 Å². The fraction of sp³-hybridized carbons (Fsp3) is 0.259. The van der Waals surface area contributed by atoms with Gasteiger partial charge in [0.2, 0.25) is 5.91 Å². The first kappa shape index (κ1) is 19.6. The maximum absolute atomic E-state index is 12.6. The molecular weight excluding hydrogens is 386 g/mol. The fourth-order valence-electron chi connectivity index (χ4n) is 5.85. The second-order valence-electron chi connectivity index (χ2n) is 8.66. The number of carboxylic acids is 1. The normalized spacial score (nSPS) is 22.2. The van der Waals surface area contributed by atoms with Crippen molar-refractivity contribution in [3.8, 4) is 0 Å². The van der Waals surface area contributed by atoms with Gasteiger partial charge in [-0.3, -0.25) is 9.59 Å². The van der Waals surface area contributed by atoms with Crippen LogP contribution in [0.2, 0.25) is 0 Å². The second-order valence-corrected chi connectivity index (χ2v) is 8.66. The molecule has 2 bridgehead atoms. The Bertz CT molecular complexity index is 1080. The van der Waals surface area contributed by atoms with Crippen LogP contribution in [0.3, 0.4) is 0 Å². The third-order valence-electron chi connectivity index (χ3n) is 7.16. The van der Waals surface area contributed by atoms with Crippen LogP contribution >= 0.6 is 0 Å². The van der Waals surface area contributed by atoms with Gasteiger partial charge in [-0.1, -0.05) is 72.8 Å². The highest BCUT2D eigenvalue weighted by molar-refractivity contribution is 5.79. The van der Waals surface area contributed by atoms with Crippen LogP contribution in [0.15, 0.2) is 72.8 Å². The molecule has 4 heteroatoms. The van der Waals surface area contributed by atoms with Crippen LogP contribution in [0.25, 0.3) is 0 Å². The van der Waals surface area contributed by atoms with Gasteiger partial charge in [-0.2, -0.15) is 0 Å². The average Bonchev–Trinajstić information content (AvgIpc) is 2.79. The van der Waals surface area contributed by atoms with Gasteiger partial charge in [0.15, 0.2) is 0 Å². The Labute approximate surface area is 181 Å². The molecule has 0 spiro atoms. The van der Waals surface area contributed by atoms with E-state index in [4.69, 9.17) is 5.11 Å². The number of hydrogen-bond donors (Lipinski definition) is 2. The van der Waals surface area contributed by atoms with Gasteiger partial charge in [0.1, 0.15) is 0 Å². The molecule has 0 radical (unpaired) electrons. The lowest BCUT2D eigenvalue weighted by Crippen LogP contribution is -2.49. The molecular formula is C27H25NO3. The van der Waals surface area contributed by atoms with E-state index >= 15 is 0 Å². The molecule has 0 atom stereocenters. The van der Waals surface area contributed by atoms with Gasteiger partial charge in [0.05, 0.1) is 6.42 Å². The number of nitrogens with one attached hydrogen (secondary N) is 1. The second kappa shape index (κ2) is 7.09. The summed E-state index contributed by atoms with van der Waals surface area (Å²) in [5.74, 6) is -1.02. The van der Waals surface area contributed by atoms with Crippen molar-refractivity contribution in [2.75, 3.05) is 6.54 Å². The molecule has 0 heterocycles. The topological polar surface area (TPSA) is 66.4 Å². The number of rotatable bonds is 6. The number of carbonyl (C=O) groups excluding carboxylic acids is 1. The zero-order valence-electron chi connectivity index (χ0n) is 17.5. The largest absolute Gasteiger partial charge is 0.481 e. The van der Waals surface area contributed by atoms with E-state index in [0.29, 0.717) is 12.8 Å². The Kier molecular flexibility index (Phi) is 4.47. The number of benzene rings is 3.